The lowest BCUT2D eigenvalue weighted by molar-refractivity contribution is -0.128. The molecule has 0 aliphatic carbocycles. The second kappa shape index (κ2) is 7.11. The Kier molecular flexibility index (Phi) is 5.42. The number of aliphatic hydroxyl groups excluding tert-OH is 1. The van der Waals surface area contributed by atoms with Gasteiger partial charge in [0.1, 0.15) is 6.04 Å². The number of nitrogens with zero attached hydrogens (tertiary/aromatic N) is 1. The van der Waals surface area contributed by atoms with Crippen LogP contribution in [-0.2, 0) is 9.59 Å². The molecule has 2 N–H and O–H groups in total. The van der Waals surface area contributed by atoms with Crippen molar-refractivity contribution in [2.24, 2.45) is 5.92 Å². The van der Waals surface area contributed by atoms with Crippen LogP contribution in [0.2, 0.25) is 5.02 Å². The molecule has 1 aliphatic rings. The number of halogens is 1. The van der Waals surface area contributed by atoms with E-state index in [1.54, 1.807) is 23.1 Å². The normalized spacial score (nSPS) is 19.6. The van der Waals surface area contributed by atoms with Crippen molar-refractivity contribution in [2.75, 3.05) is 11.4 Å². The highest BCUT2D eigenvalue weighted by molar-refractivity contribution is 6.31. The van der Waals surface area contributed by atoms with Gasteiger partial charge >= 0.3 is 0 Å². The van der Waals surface area contributed by atoms with Gasteiger partial charge in [0.2, 0.25) is 11.8 Å². The fourth-order valence-corrected chi connectivity index (χ4v) is 2.58. The molecule has 0 spiro atoms. The first kappa shape index (κ1) is 16.8. The largest absolute Gasteiger partial charge is 0.392 e. The van der Waals surface area contributed by atoms with Gasteiger partial charge in [0.05, 0.1) is 12.5 Å². The van der Waals surface area contributed by atoms with Crippen LogP contribution in [0, 0.1) is 5.92 Å². The molecule has 2 rings (SSSR count). The summed E-state index contributed by atoms with van der Waals surface area (Å²) in [6, 6.07) is 6.54. The number of carbonyl (C=O) groups excluding carboxylic acids is 2. The van der Waals surface area contributed by atoms with E-state index in [9.17, 15) is 14.7 Å². The molecule has 120 valence electrons. The van der Waals surface area contributed by atoms with Gasteiger partial charge in [-0.15, -0.1) is 0 Å². The molecule has 1 heterocycles. The van der Waals surface area contributed by atoms with E-state index in [-0.39, 0.29) is 24.2 Å². The van der Waals surface area contributed by atoms with Gasteiger partial charge in [0.15, 0.2) is 0 Å². The van der Waals surface area contributed by atoms with Crippen LogP contribution in [0.3, 0.4) is 0 Å². The highest BCUT2D eigenvalue weighted by Gasteiger charge is 2.33. The summed E-state index contributed by atoms with van der Waals surface area (Å²) in [6.07, 6.45) is -0.131. The van der Waals surface area contributed by atoms with Gasteiger partial charge in [0.25, 0.3) is 0 Å². The summed E-state index contributed by atoms with van der Waals surface area (Å²) in [7, 11) is 0. The van der Waals surface area contributed by atoms with Crippen LogP contribution in [0.25, 0.3) is 0 Å². The fourth-order valence-electron chi connectivity index (χ4n) is 2.39. The van der Waals surface area contributed by atoms with Crippen LogP contribution in [0.5, 0.6) is 0 Å². The van der Waals surface area contributed by atoms with Crippen LogP contribution in [0.15, 0.2) is 24.3 Å². The molecule has 1 saturated heterocycles. The van der Waals surface area contributed by atoms with Gasteiger partial charge in [0, 0.05) is 17.3 Å². The molecule has 0 saturated carbocycles. The Labute approximate surface area is 135 Å². The van der Waals surface area contributed by atoms with E-state index in [0.29, 0.717) is 18.0 Å². The number of hydrogen-bond donors (Lipinski definition) is 2. The van der Waals surface area contributed by atoms with Crippen molar-refractivity contribution in [3.8, 4) is 0 Å². The van der Waals surface area contributed by atoms with E-state index in [0.717, 1.165) is 5.69 Å². The summed E-state index contributed by atoms with van der Waals surface area (Å²) in [5, 5.41) is 13.0. The standard InChI is InChI=1S/C16H21ClN2O3/c1-10(2)14(20)9-15(21)18-13-6-7-19(16(13)22)12-5-3-4-11(17)8-12/h3-5,8,10,13-14,20H,6-7,9H2,1-2H3,(H,18,21)/t13-,14+/m1/s1. The zero-order valence-corrected chi connectivity index (χ0v) is 13.5. The Bertz CT molecular complexity index is 562. The van der Waals surface area contributed by atoms with E-state index in [1.807, 2.05) is 19.9 Å². The fraction of sp³-hybridized carbons (Fsp3) is 0.500. The van der Waals surface area contributed by atoms with Gasteiger partial charge in [-0.05, 0) is 30.5 Å². The van der Waals surface area contributed by atoms with Crippen LogP contribution in [0.1, 0.15) is 26.7 Å². The number of amides is 2. The SMILES string of the molecule is CC(C)[C@@H](O)CC(=O)N[C@@H]1CCN(c2cccc(Cl)c2)C1=O. The number of anilines is 1. The van der Waals surface area contributed by atoms with Crippen molar-refractivity contribution < 1.29 is 14.7 Å². The van der Waals surface area contributed by atoms with Crippen LogP contribution < -0.4 is 10.2 Å². The molecule has 6 heteroatoms. The van der Waals surface area contributed by atoms with Crippen LogP contribution in [-0.4, -0.2) is 35.6 Å². The van der Waals surface area contributed by atoms with Crippen molar-refractivity contribution in [2.45, 2.75) is 38.8 Å². The smallest absolute Gasteiger partial charge is 0.249 e. The molecule has 0 radical (unpaired) electrons. The maximum absolute atomic E-state index is 12.4. The first-order valence-corrected chi connectivity index (χ1v) is 7.80. The lowest BCUT2D eigenvalue weighted by atomic mass is 10.0. The van der Waals surface area contributed by atoms with Crippen LogP contribution in [0.4, 0.5) is 5.69 Å². The van der Waals surface area contributed by atoms with Crippen LogP contribution >= 0.6 is 11.6 Å². The van der Waals surface area contributed by atoms with E-state index >= 15 is 0 Å². The topological polar surface area (TPSA) is 69.6 Å². The average Bonchev–Trinajstić information content (AvgIpc) is 2.80. The molecule has 2 atom stereocenters. The molecule has 22 heavy (non-hydrogen) atoms. The first-order valence-electron chi connectivity index (χ1n) is 7.43. The van der Waals surface area contributed by atoms with Gasteiger partial charge < -0.3 is 15.3 Å². The summed E-state index contributed by atoms with van der Waals surface area (Å²) < 4.78 is 0. The summed E-state index contributed by atoms with van der Waals surface area (Å²) in [4.78, 5) is 25.9. The first-order chi connectivity index (χ1) is 10.4. The number of aliphatic hydroxyl groups is 1. The van der Waals surface area contributed by atoms with Crippen molar-refractivity contribution >= 4 is 29.1 Å². The van der Waals surface area contributed by atoms with Crippen molar-refractivity contribution in [3.05, 3.63) is 29.3 Å². The van der Waals surface area contributed by atoms with E-state index in [1.165, 1.54) is 0 Å². The second-order valence-electron chi connectivity index (χ2n) is 5.89. The average molecular weight is 325 g/mol. The second-order valence-corrected chi connectivity index (χ2v) is 6.33. The lowest BCUT2D eigenvalue weighted by Gasteiger charge is -2.18. The maximum atomic E-state index is 12.4. The molecule has 1 aliphatic heterocycles. The third kappa shape index (κ3) is 3.99. The zero-order chi connectivity index (χ0) is 16.3. The summed E-state index contributed by atoms with van der Waals surface area (Å²) in [5.74, 6) is -0.435. The third-order valence-corrected chi connectivity index (χ3v) is 4.06. The zero-order valence-electron chi connectivity index (χ0n) is 12.8. The number of carbonyl (C=O) groups is 2. The molecular formula is C16H21ClN2O3. The van der Waals surface area contributed by atoms with Crippen molar-refractivity contribution in [1.29, 1.82) is 0 Å². The quantitative estimate of drug-likeness (QED) is 0.870. The van der Waals surface area contributed by atoms with E-state index in [2.05, 4.69) is 5.32 Å². The van der Waals surface area contributed by atoms with Crippen molar-refractivity contribution in [3.63, 3.8) is 0 Å². The molecule has 1 fully saturated rings. The Hall–Kier alpha value is -1.59. The molecule has 2 amide bonds. The minimum Gasteiger partial charge on any atom is -0.392 e. The Balaban J connectivity index is 1.95. The Morgan fingerprint density at radius 3 is 2.86 bits per heavy atom. The predicted octanol–water partition coefficient (Wildman–Crippen LogP) is 1.97. The molecule has 1 aromatic carbocycles. The van der Waals surface area contributed by atoms with Gasteiger partial charge in [-0.1, -0.05) is 31.5 Å². The number of benzene rings is 1. The van der Waals surface area contributed by atoms with Gasteiger partial charge in [-0.2, -0.15) is 0 Å². The van der Waals surface area contributed by atoms with Gasteiger partial charge in [-0.3, -0.25) is 9.59 Å². The number of rotatable bonds is 5. The molecule has 0 bridgehead atoms. The van der Waals surface area contributed by atoms with E-state index in [4.69, 9.17) is 11.6 Å². The minimum absolute atomic E-state index is 0.00740. The highest BCUT2D eigenvalue weighted by Crippen LogP contribution is 2.24. The van der Waals surface area contributed by atoms with Crippen molar-refractivity contribution in [1.82, 2.24) is 5.32 Å². The van der Waals surface area contributed by atoms with E-state index < -0.39 is 12.1 Å². The highest BCUT2D eigenvalue weighted by atomic mass is 35.5. The molecular weight excluding hydrogens is 304 g/mol. The summed E-state index contributed by atoms with van der Waals surface area (Å²) in [6.45, 7) is 4.23. The molecule has 5 nitrogen and oxygen atoms in total. The third-order valence-electron chi connectivity index (χ3n) is 3.82. The lowest BCUT2D eigenvalue weighted by Crippen LogP contribution is -2.42. The maximum Gasteiger partial charge on any atom is 0.249 e. The summed E-state index contributed by atoms with van der Waals surface area (Å²) >= 11 is 5.94. The number of nitrogens with one attached hydrogen (secondary N) is 1. The Morgan fingerprint density at radius 1 is 1.50 bits per heavy atom. The minimum atomic E-state index is -0.694. The predicted molar refractivity (Wildman–Crippen MR) is 85.8 cm³/mol. The monoisotopic (exact) mass is 324 g/mol. The number of hydrogen-bond acceptors (Lipinski definition) is 3. The summed E-state index contributed by atoms with van der Waals surface area (Å²) in [5.41, 5.74) is 0.733. The molecule has 0 unspecified atom stereocenters. The Morgan fingerprint density at radius 2 is 2.23 bits per heavy atom. The molecule has 1 aromatic rings. The molecule has 0 aromatic heterocycles. The van der Waals surface area contributed by atoms with Gasteiger partial charge in [-0.25, -0.2) is 0 Å².